The zero-order valence-corrected chi connectivity index (χ0v) is 25.1. The summed E-state index contributed by atoms with van der Waals surface area (Å²) in [6.45, 7) is 1.61. The molecule has 16 heteroatoms. The van der Waals surface area contributed by atoms with Gasteiger partial charge in [-0.1, -0.05) is 60.7 Å². The SMILES string of the molecule is Nc1nc(NCCO)nc2c1[nH]c(=O)n2Cc1ccccc1.Nc1nc(NCCO)nc2c1nc(Br)n2Cc1ccccc1. The summed E-state index contributed by atoms with van der Waals surface area (Å²) in [5, 5.41) is 23.5. The van der Waals surface area contributed by atoms with Gasteiger partial charge < -0.3 is 37.3 Å². The van der Waals surface area contributed by atoms with E-state index < -0.39 is 0 Å². The van der Waals surface area contributed by atoms with Gasteiger partial charge in [-0.2, -0.15) is 19.9 Å². The van der Waals surface area contributed by atoms with Crippen LogP contribution in [0, 0.1) is 0 Å². The molecule has 4 aromatic heterocycles. The Morgan fingerprint density at radius 3 is 1.82 bits per heavy atom. The molecule has 9 N–H and O–H groups in total. The van der Waals surface area contributed by atoms with Gasteiger partial charge >= 0.3 is 5.69 Å². The first kappa shape index (κ1) is 30.4. The van der Waals surface area contributed by atoms with Crippen LogP contribution in [0.5, 0.6) is 0 Å². The Balaban J connectivity index is 0.000000175. The number of nitrogens with one attached hydrogen (secondary N) is 3. The number of H-pyrrole nitrogens is 1. The van der Waals surface area contributed by atoms with E-state index in [2.05, 4.69) is 56.5 Å². The lowest BCUT2D eigenvalue weighted by Gasteiger charge is -2.07. The van der Waals surface area contributed by atoms with Crippen LogP contribution < -0.4 is 27.8 Å². The molecule has 4 heterocycles. The molecule has 0 aliphatic rings. The summed E-state index contributed by atoms with van der Waals surface area (Å²) in [4.78, 5) is 36.2. The molecule has 0 aliphatic heterocycles. The lowest BCUT2D eigenvalue weighted by atomic mass is 10.2. The molecule has 0 atom stereocenters. The molecular weight excluding hydrogens is 632 g/mol. The first-order valence-corrected chi connectivity index (χ1v) is 14.4. The molecule has 0 saturated heterocycles. The molecule has 0 saturated carbocycles. The highest BCUT2D eigenvalue weighted by molar-refractivity contribution is 9.10. The fraction of sp³-hybridized carbons (Fsp3) is 0.214. The Morgan fingerprint density at radius 2 is 1.25 bits per heavy atom. The van der Waals surface area contributed by atoms with Gasteiger partial charge in [-0.25, -0.2) is 9.78 Å². The topological polar surface area (TPSA) is 224 Å². The number of hydrogen-bond acceptors (Lipinski definition) is 12. The van der Waals surface area contributed by atoms with Crippen LogP contribution in [0.25, 0.3) is 22.3 Å². The van der Waals surface area contributed by atoms with Gasteiger partial charge in [0.25, 0.3) is 0 Å². The van der Waals surface area contributed by atoms with Crippen LogP contribution >= 0.6 is 15.9 Å². The van der Waals surface area contributed by atoms with E-state index in [4.69, 9.17) is 21.7 Å². The van der Waals surface area contributed by atoms with Crippen molar-refractivity contribution < 1.29 is 10.2 Å². The summed E-state index contributed by atoms with van der Waals surface area (Å²) in [6.07, 6.45) is 0. The number of halogens is 1. The van der Waals surface area contributed by atoms with Crippen LogP contribution in [0.3, 0.4) is 0 Å². The van der Waals surface area contributed by atoms with Crippen molar-refractivity contribution in [3.8, 4) is 0 Å². The minimum atomic E-state index is -0.292. The molecule has 0 unspecified atom stereocenters. The second-order valence-electron chi connectivity index (χ2n) is 9.49. The molecule has 0 bridgehead atoms. The molecular formula is C28H31BrN12O3. The smallest absolute Gasteiger partial charge is 0.328 e. The van der Waals surface area contributed by atoms with E-state index >= 15 is 0 Å². The number of rotatable bonds is 10. The second kappa shape index (κ2) is 13.9. The maximum absolute atomic E-state index is 12.1. The van der Waals surface area contributed by atoms with E-state index in [1.165, 1.54) is 4.57 Å². The summed E-state index contributed by atoms with van der Waals surface area (Å²) in [5.41, 5.74) is 15.7. The van der Waals surface area contributed by atoms with Crippen molar-refractivity contribution in [2.45, 2.75) is 13.1 Å². The molecule has 0 spiro atoms. The number of fused-ring (bicyclic) bond motifs is 2. The van der Waals surface area contributed by atoms with Crippen LogP contribution in [0.2, 0.25) is 0 Å². The van der Waals surface area contributed by atoms with Gasteiger partial charge in [-0.3, -0.25) is 9.13 Å². The van der Waals surface area contributed by atoms with Gasteiger partial charge in [0.05, 0.1) is 26.3 Å². The predicted molar refractivity (Wildman–Crippen MR) is 172 cm³/mol. The second-order valence-corrected chi connectivity index (χ2v) is 10.2. The zero-order chi connectivity index (χ0) is 31.1. The van der Waals surface area contributed by atoms with Crippen LogP contribution in [0.15, 0.2) is 70.2 Å². The first-order valence-electron chi connectivity index (χ1n) is 13.6. The molecule has 0 fully saturated rings. The van der Waals surface area contributed by atoms with Crippen molar-refractivity contribution in [3.05, 3.63) is 87.0 Å². The molecule has 15 nitrogen and oxygen atoms in total. The van der Waals surface area contributed by atoms with Crippen molar-refractivity contribution in [2.24, 2.45) is 0 Å². The van der Waals surface area contributed by atoms with E-state index in [1.807, 2.05) is 65.2 Å². The van der Waals surface area contributed by atoms with Gasteiger partial charge in [0.2, 0.25) is 11.9 Å². The number of aliphatic hydroxyl groups excluding tert-OH is 2. The van der Waals surface area contributed by atoms with Gasteiger partial charge in [-0.15, -0.1) is 0 Å². The van der Waals surface area contributed by atoms with Crippen molar-refractivity contribution >= 4 is 61.8 Å². The van der Waals surface area contributed by atoms with Crippen LogP contribution in [-0.4, -0.2) is 75.6 Å². The fourth-order valence-corrected chi connectivity index (χ4v) is 4.83. The van der Waals surface area contributed by atoms with Gasteiger partial charge in [0.1, 0.15) is 5.52 Å². The summed E-state index contributed by atoms with van der Waals surface area (Å²) >= 11 is 3.45. The summed E-state index contributed by atoms with van der Waals surface area (Å²) in [6, 6.07) is 19.6. The van der Waals surface area contributed by atoms with Gasteiger partial charge in [-0.05, 0) is 27.1 Å². The Hall–Kier alpha value is -5.06. The standard InChI is InChI=1S/C14H15BrN6O.C14H16N6O2/c15-13-18-10-11(16)19-14(17-6-7-22)20-12(10)21(13)8-9-4-2-1-3-5-9;15-11-10-12(19-13(18-11)16-6-7-21)20(14(22)17-10)8-9-4-2-1-3-5-9/h1-5,22H,6-8H2,(H3,16,17,19,20);1-5,21H,6-8H2,(H,17,22)(H3,15,16,18,19). The molecule has 2 aromatic carbocycles. The molecule has 228 valence electrons. The third-order valence-corrected chi connectivity index (χ3v) is 6.99. The minimum Gasteiger partial charge on any atom is -0.395 e. The van der Waals surface area contributed by atoms with E-state index in [0.29, 0.717) is 65.0 Å². The van der Waals surface area contributed by atoms with Crippen molar-refractivity contribution in [2.75, 3.05) is 48.4 Å². The first-order chi connectivity index (χ1) is 21.4. The number of nitrogens with two attached hydrogens (primary N) is 2. The number of benzene rings is 2. The third kappa shape index (κ3) is 6.94. The lowest BCUT2D eigenvalue weighted by molar-refractivity contribution is 0.310. The number of aromatic nitrogens is 8. The summed E-state index contributed by atoms with van der Waals surface area (Å²) < 4.78 is 4.08. The number of hydrogen-bond donors (Lipinski definition) is 7. The highest BCUT2D eigenvalue weighted by Gasteiger charge is 2.16. The minimum absolute atomic E-state index is 0.00568. The highest BCUT2D eigenvalue weighted by atomic mass is 79.9. The number of nitrogen functional groups attached to an aromatic ring is 2. The highest BCUT2D eigenvalue weighted by Crippen LogP contribution is 2.24. The largest absolute Gasteiger partial charge is 0.395 e. The molecule has 0 aliphatic carbocycles. The predicted octanol–water partition coefficient (Wildman–Crippen LogP) is 1.78. The van der Waals surface area contributed by atoms with Gasteiger partial charge in [0.15, 0.2) is 33.2 Å². The summed E-state index contributed by atoms with van der Waals surface area (Å²) in [7, 11) is 0. The molecule has 6 rings (SSSR count). The zero-order valence-electron chi connectivity index (χ0n) is 23.5. The fourth-order valence-electron chi connectivity index (χ4n) is 4.36. The molecule has 0 radical (unpaired) electrons. The Kier molecular flexibility index (Phi) is 9.63. The average Bonchev–Trinajstić information content (AvgIpc) is 3.52. The Labute approximate surface area is 259 Å². The molecule has 6 aromatic rings. The Bertz CT molecular complexity index is 1910. The number of imidazole rings is 2. The lowest BCUT2D eigenvalue weighted by Crippen LogP contribution is -2.18. The van der Waals surface area contributed by atoms with Crippen LogP contribution in [0.4, 0.5) is 23.5 Å². The summed E-state index contributed by atoms with van der Waals surface area (Å²) in [5.74, 6) is 1.15. The number of anilines is 4. The normalized spacial score (nSPS) is 11.0. The maximum atomic E-state index is 12.1. The molecule has 0 amide bonds. The number of nitrogens with zero attached hydrogens (tertiary/aromatic N) is 7. The number of aliphatic hydroxyl groups is 2. The van der Waals surface area contributed by atoms with E-state index in [-0.39, 0.29) is 30.7 Å². The van der Waals surface area contributed by atoms with Gasteiger partial charge in [0, 0.05) is 13.1 Å². The Morgan fingerprint density at radius 1 is 0.727 bits per heavy atom. The maximum Gasteiger partial charge on any atom is 0.328 e. The van der Waals surface area contributed by atoms with E-state index in [1.54, 1.807) is 0 Å². The third-order valence-electron chi connectivity index (χ3n) is 6.38. The van der Waals surface area contributed by atoms with Crippen LogP contribution in [0.1, 0.15) is 11.1 Å². The van der Waals surface area contributed by atoms with Crippen LogP contribution in [-0.2, 0) is 13.1 Å². The quantitative estimate of drug-likeness (QED) is 0.104. The monoisotopic (exact) mass is 662 g/mol. The van der Waals surface area contributed by atoms with Crippen molar-refractivity contribution in [1.29, 1.82) is 0 Å². The molecule has 44 heavy (non-hydrogen) atoms. The van der Waals surface area contributed by atoms with Crippen molar-refractivity contribution in [1.82, 2.24) is 39.0 Å². The van der Waals surface area contributed by atoms with Crippen molar-refractivity contribution in [3.63, 3.8) is 0 Å². The van der Waals surface area contributed by atoms with E-state index in [9.17, 15) is 4.79 Å². The number of aromatic amines is 1. The van der Waals surface area contributed by atoms with E-state index in [0.717, 1.165) is 11.1 Å². The average molecular weight is 664 g/mol.